The van der Waals surface area contributed by atoms with Crippen molar-refractivity contribution in [3.63, 3.8) is 0 Å². The Morgan fingerprint density at radius 1 is 1.00 bits per heavy atom. The predicted octanol–water partition coefficient (Wildman–Crippen LogP) is 5.32. The first-order valence-corrected chi connectivity index (χ1v) is 12.2. The van der Waals surface area contributed by atoms with Crippen LogP contribution in [0, 0.1) is 6.92 Å². The van der Waals surface area contributed by atoms with Crippen LogP contribution in [0.25, 0.3) is 22.3 Å². The Kier molecular flexibility index (Phi) is 7.67. The van der Waals surface area contributed by atoms with E-state index in [9.17, 15) is 14.4 Å². The molecule has 4 aromatic rings. The third kappa shape index (κ3) is 5.38. The van der Waals surface area contributed by atoms with Crippen LogP contribution in [-0.2, 0) is 9.59 Å². The first-order chi connectivity index (χ1) is 17.9. The predicted molar refractivity (Wildman–Crippen MR) is 146 cm³/mol. The average Bonchev–Trinajstić information content (AvgIpc) is 2.91. The lowest BCUT2D eigenvalue weighted by molar-refractivity contribution is -0.119. The van der Waals surface area contributed by atoms with E-state index in [1.54, 1.807) is 50.4 Å². The average molecular weight is 499 g/mol. The van der Waals surface area contributed by atoms with Crippen LogP contribution >= 0.6 is 0 Å². The van der Waals surface area contributed by atoms with E-state index in [0.717, 1.165) is 5.56 Å². The minimum atomic E-state index is -0.792. The smallest absolute Gasteiger partial charge is 0.278 e. The van der Waals surface area contributed by atoms with Crippen molar-refractivity contribution >= 4 is 34.2 Å². The Labute approximate surface area is 215 Å². The molecule has 2 N–H and O–H groups in total. The largest absolute Gasteiger partial charge is 0.497 e. The number of nitrogens with one attached hydrogen (secondary N) is 2. The summed E-state index contributed by atoms with van der Waals surface area (Å²) in [5.74, 6) is 0.187. The van der Waals surface area contributed by atoms with Gasteiger partial charge in [0.25, 0.3) is 5.56 Å². The SMILES string of the molecule is CCC(=O)Nc1ccc(C)cc1-c1nc2ccccc2n(C(CC)C(=O)Nc2ccc(OC)cc2)c1=O. The molecule has 0 saturated heterocycles. The highest BCUT2D eigenvalue weighted by Gasteiger charge is 2.25. The standard InChI is InChI=1S/C29H30N4O4/c1-5-24(28(35)30-19-12-14-20(37-4)15-13-19)33-25-10-8-7-9-23(25)32-27(29(33)36)21-17-18(3)11-16-22(21)31-26(34)6-2/h7-17,24H,5-6H2,1-4H3,(H,30,35)(H,31,34). The minimum Gasteiger partial charge on any atom is -0.497 e. The molecule has 0 bridgehead atoms. The molecule has 1 atom stereocenters. The van der Waals surface area contributed by atoms with Crippen LogP contribution < -0.4 is 20.9 Å². The molecule has 0 aliphatic carbocycles. The monoisotopic (exact) mass is 498 g/mol. The number of para-hydroxylation sites is 2. The number of carbonyl (C=O) groups excluding carboxylic acids is 2. The van der Waals surface area contributed by atoms with E-state index in [2.05, 4.69) is 15.6 Å². The van der Waals surface area contributed by atoms with E-state index in [4.69, 9.17) is 4.74 Å². The lowest BCUT2D eigenvalue weighted by Crippen LogP contribution is -2.34. The number of hydrogen-bond donors (Lipinski definition) is 2. The van der Waals surface area contributed by atoms with Crippen molar-refractivity contribution in [3.05, 3.63) is 82.6 Å². The number of ether oxygens (including phenoxy) is 1. The van der Waals surface area contributed by atoms with Crippen LogP contribution in [-0.4, -0.2) is 28.5 Å². The molecule has 4 rings (SSSR count). The zero-order chi connectivity index (χ0) is 26.5. The van der Waals surface area contributed by atoms with Gasteiger partial charge in [-0.1, -0.05) is 37.6 Å². The third-order valence-electron chi connectivity index (χ3n) is 6.18. The van der Waals surface area contributed by atoms with E-state index in [1.165, 1.54) is 4.57 Å². The second kappa shape index (κ2) is 11.1. The Balaban J connectivity index is 1.86. The molecule has 8 nitrogen and oxygen atoms in total. The molecule has 0 fully saturated rings. The summed E-state index contributed by atoms with van der Waals surface area (Å²) in [7, 11) is 1.58. The summed E-state index contributed by atoms with van der Waals surface area (Å²) >= 11 is 0. The lowest BCUT2D eigenvalue weighted by atomic mass is 10.0. The second-order valence-corrected chi connectivity index (χ2v) is 8.72. The summed E-state index contributed by atoms with van der Waals surface area (Å²) in [6.07, 6.45) is 0.675. The minimum absolute atomic E-state index is 0.170. The second-order valence-electron chi connectivity index (χ2n) is 8.72. The van der Waals surface area contributed by atoms with E-state index in [0.29, 0.717) is 46.6 Å². The highest BCUT2D eigenvalue weighted by molar-refractivity contribution is 5.97. The van der Waals surface area contributed by atoms with Crippen molar-refractivity contribution in [1.82, 2.24) is 9.55 Å². The summed E-state index contributed by atoms with van der Waals surface area (Å²) in [4.78, 5) is 44.4. The summed E-state index contributed by atoms with van der Waals surface area (Å²) < 4.78 is 6.69. The number of amides is 2. The third-order valence-corrected chi connectivity index (χ3v) is 6.18. The van der Waals surface area contributed by atoms with Gasteiger partial charge in [0.05, 0.1) is 23.8 Å². The number of hydrogen-bond acceptors (Lipinski definition) is 5. The molecule has 1 heterocycles. The first-order valence-electron chi connectivity index (χ1n) is 12.2. The maximum atomic E-state index is 14.0. The molecule has 0 radical (unpaired) electrons. The Morgan fingerprint density at radius 3 is 2.41 bits per heavy atom. The van der Waals surface area contributed by atoms with Gasteiger partial charge in [0, 0.05) is 17.7 Å². The summed E-state index contributed by atoms with van der Waals surface area (Å²) in [6, 6.07) is 18.9. The van der Waals surface area contributed by atoms with E-state index in [1.807, 2.05) is 44.2 Å². The highest BCUT2D eigenvalue weighted by Crippen LogP contribution is 2.29. The Morgan fingerprint density at radius 2 is 1.73 bits per heavy atom. The molecule has 0 saturated carbocycles. The van der Waals surface area contributed by atoms with E-state index in [-0.39, 0.29) is 17.5 Å². The summed E-state index contributed by atoms with van der Waals surface area (Å²) in [5, 5.41) is 5.79. The van der Waals surface area contributed by atoms with Crippen LogP contribution in [0.3, 0.4) is 0 Å². The fourth-order valence-corrected chi connectivity index (χ4v) is 4.23. The molecular formula is C29H30N4O4. The molecule has 0 aliphatic heterocycles. The number of carbonyl (C=O) groups is 2. The van der Waals surface area contributed by atoms with Gasteiger partial charge in [0.15, 0.2) is 0 Å². The van der Waals surface area contributed by atoms with Crippen molar-refractivity contribution in [3.8, 4) is 17.0 Å². The van der Waals surface area contributed by atoms with Crippen LogP contribution in [0.2, 0.25) is 0 Å². The van der Waals surface area contributed by atoms with Gasteiger partial charge < -0.3 is 15.4 Å². The highest BCUT2D eigenvalue weighted by atomic mass is 16.5. The number of methoxy groups -OCH3 is 1. The quantitative estimate of drug-likeness (QED) is 0.342. The number of aryl methyl sites for hydroxylation is 1. The van der Waals surface area contributed by atoms with Crippen LogP contribution in [0.15, 0.2) is 71.5 Å². The van der Waals surface area contributed by atoms with Crippen molar-refractivity contribution in [1.29, 1.82) is 0 Å². The molecule has 190 valence electrons. The van der Waals surface area contributed by atoms with Gasteiger partial charge >= 0.3 is 0 Å². The van der Waals surface area contributed by atoms with Crippen molar-refractivity contribution in [2.45, 2.75) is 39.7 Å². The number of benzene rings is 3. The summed E-state index contributed by atoms with van der Waals surface area (Å²) in [6.45, 7) is 5.53. The summed E-state index contributed by atoms with van der Waals surface area (Å²) in [5.41, 5.74) is 3.41. The van der Waals surface area contributed by atoms with Crippen molar-refractivity contribution in [2.24, 2.45) is 0 Å². The maximum absolute atomic E-state index is 14.0. The lowest BCUT2D eigenvalue weighted by Gasteiger charge is -2.21. The van der Waals surface area contributed by atoms with Gasteiger partial charge in [-0.25, -0.2) is 4.98 Å². The van der Waals surface area contributed by atoms with Gasteiger partial charge in [-0.15, -0.1) is 0 Å². The fraction of sp³-hybridized carbons (Fsp3) is 0.241. The maximum Gasteiger partial charge on any atom is 0.278 e. The van der Waals surface area contributed by atoms with Gasteiger partial charge in [0.2, 0.25) is 11.8 Å². The Hall–Kier alpha value is -4.46. The number of aromatic nitrogens is 2. The number of rotatable bonds is 8. The number of anilines is 2. The van der Waals surface area contributed by atoms with Gasteiger partial charge in [-0.3, -0.25) is 19.0 Å². The van der Waals surface area contributed by atoms with E-state index < -0.39 is 11.6 Å². The fourth-order valence-electron chi connectivity index (χ4n) is 4.23. The zero-order valence-corrected chi connectivity index (χ0v) is 21.4. The van der Waals surface area contributed by atoms with Gasteiger partial charge in [-0.05, 0) is 61.9 Å². The molecule has 37 heavy (non-hydrogen) atoms. The zero-order valence-electron chi connectivity index (χ0n) is 21.4. The topological polar surface area (TPSA) is 102 Å². The number of fused-ring (bicyclic) bond motifs is 1. The molecule has 1 aromatic heterocycles. The van der Waals surface area contributed by atoms with E-state index >= 15 is 0 Å². The number of nitrogens with zero attached hydrogens (tertiary/aromatic N) is 2. The van der Waals surface area contributed by atoms with Gasteiger partial charge in [0.1, 0.15) is 17.5 Å². The van der Waals surface area contributed by atoms with Crippen LogP contribution in [0.5, 0.6) is 5.75 Å². The van der Waals surface area contributed by atoms with Gasteiger partial charge in [-0.2, -0.15) is 0 Å². The van der Waals surface area contributed by atoms with Crippen molar-refractivity contribution < 1.29 is 14.3 Å². The van der Waals surface area contributed by atoms with Crippen molar-refractivity contribution in [2.75, 3.05) is 17.7 Å². The molecular weight excluding hydrogens is 468 g/mol. The molecule has 0 spiro atoms. The molecule has 3 aromatic carbocycles. The molecule has 1 unspecified atom stereocenters. The molecule has 8 heteroatoms. The first kappa shape index (κ1) is 25.6. The van der Waals surface area contributed by atoms with Crippen LogP contribution in [0.4, 0.5) is 11.4 Å². The molecule has 2 amide bonds. The van der Waals surface area contributed by atoms with Crippen LogP contribution in [0.1, 0.15) is 38.3 Å². The molecule has 0 aliphatic rings. The Bertz CT molecular complexity index is 1510. The normalized spacial score (nSPS) is 11.7.